The third-order valence-electron chi connectivity index (χ3n) is 9.51. The van der Waals surface area contributed by atoms with Gasteiger partial charge >= 0.3 is 11.4 Å². The topological polar surface area (TPSA) is 173 Å². The second-order valence-corrected chi connectivity index (χ2v) is 14.3. The number of hydrogen-bond donors (Lipinski definition) is 4. The highest BCUT2D eigenvalue weighted by Crippen LogP contribution is 2.31. The Labute approximate surface area is 297 Å². The van der Waals surface area contributed by atoms with Crippen molar-refractivity contribution in [2.24, 2.45) is 20.0 Å². The van der Waals surface area contributed by atoms with Crippen LogP contribution >= 0.6 is 11.6 Å². The van der Waals surface area contributed by atoms with E-state index in [4.69, 9.17) is 16.6 Å². The van der Waals surface area contributed by atoms with Crippen LogP contribution in [-0.2, 0) is 20.6 Å². The molecule has 2 aromatic carbocycles. The molecule has 0 unspecified atom stereocenters. The van der Waals surface area contributed by atoms with E-state index in [9.17, 15) is 19.5 Å². The molecule has 1 aliphatic heterocycles. The van der Waals surface area contributed by atoms with Crippen molar-refractivity contribution >= 4 is 56.7 Å². The van der Waals surface area contributed by atoms with Crippen LogP contribution in [0.5, 0.6) is 0 Å². The molecule has 0 amide bonds. The first-order chi connectivity index (χ1) is 24.3. The van der Waals surface area contributed by atoms with Gasteiger partial charge in [0.2, 0.25) is 5.95 Å². The maximum Gasteiger partial charge on any atom is 0.334 e. The van der Waals surface area contributed by atoms with E-state index in [0.717, 1.165) is 52.8 Å². The van der Waals surface area contributed by atoms with Crippen molar-refractivity contribution in [2.75, 3.05) is 28.6 Å². The van der Waals surface area contributed by atoms with Crippen LogP contribution < -0.4 is 32.5 Å². The normalized spacial score (nSPS) is 16.6. The fourth-order valence-electron chi connectivity index (χ4n) is 6.67. The summed E-state index contributed by atoms with van der Waals surface area (Å²) >= 11 is 6.57. The van der Waals surface area contributed by atoms with Gasteiger partial charge in [0.05, 0.1) is 28.3 Å². The van der Waals surface area contributed by atoms with Crippen molar-refractivity contribution in [3.63, 3.8) is 0 Å². The van der Waals surface area contributed by atoms with Gasteiger partial charge in [0.15, 0.2) is 11.6 Å². The molecule has 0 aliphatic carbocycles. The molecule has 15 nitrogen and oxygen atoms in total. The number of fused-ring (bicyclic) bond motifs is 2. The number of halogens is 1. The third-order valence-corrected chi connectivity index (χ3v) is 9.79. The second-order valence-electron chi connectivity index (χ2n) is 13.9. The maximum atomic E-state index is 13.0. The molecule has 1 saturated heterocycles. The quantitative estimate of drug-likeness (QED) is 0.173. The number of aliphatic hydroxyl groups is 1. The number of imidazole rings is 1. The first-order valence-corrected chi connectivity index (χ1v) is 17.2. The number of rotatable bonds is 9. The van der Waals surface area contributed by atoms with Crippen LogP contribution in [0.2, 0.25) is 5.02 Å². The molecule has 2 atom stereocenters. The van der Waals surface area contributed by atoms with E-state index >= 15 is 0 Å². The lowest BCUT2D eigenvalue weighted by molar-refractivity contribution is 0.0662. The minimum absolute atomic E-state index is 0.145. The van der Waals surface area contributed by atoms with Crippen LogP contribution in [0.4, 0.5) is 23.1 Å². The Balaban J connectivity index is 1.05. The molecule has 0 radical (unpaired) electrons. The van der Waals surface area contributed by atoms with Crippen molar-refractivity contribution in [3.05, 3.63) is 91.2 Å². The molecule has 4 N–H and O–H groups in total. The molecule has 16 heteroatoms. The smallest absolute Gasteiger partial charge is 0.334 e. The van der Waals surface area contributed by atoms with Crippen LogP contribution in [0.3, 0.4) is 0 Å². The highest BCUT2D eigenvalue weighted by atomic mass is 35.5. The predicted octanol–water partition coefficient (Wildman–Crippen LogP) is 3.74. The Morgan fingerprint density at radius 1 is 1.04 bits per heavy atom. The summed E-state index contributed by atoms with van der Waals surface area (Å²) in [6.45, 7) is 7.47. The van der Waals surface area contributed by atoms with Crippen LogP contribution in [0.25, 0.3) is 27.8 Å². The summed E-state index contributed by atoms with van der Waals surface area (Å²) in [6, 6.07) is 13.1. The standard InChI is InChI=1S/C35H40ClN11O4/c1-20-19-45(13-10-25(20)38-21-6-8-23-27(16-21)44(5)42-31(23)47-14-11-29(48)40-33(47)49)32-37-18-24(36)30(41-32)39-22-7-9-26-28(17-22)46(34(50)43(26)4)15-12-35(2,3)51/h6-9,11,14,16-18,20,25,38,51H,10,12-13,15,19H2,1-5H3,(H,37,39,41)(H,40,48,49)/t20-,25-/m1/s1. The SMILES string of the molecule is C[C@@H]1CN(c2ncc(Cl)c(Nc3ccc4c(c3)n(CCC(C)(C)O)c(=O)n4C)n2)CC[C@H]1Nc1ccc2c(-n3ccc(=O)[nH]c3=O)nn(C)c2c1. The fourth-order valence-corrected chi connectivity index (χ4v) is 6.81. The van der Waals surface area contributed by atoms with Crippen molar-refractivity contribution in [1.82, 2.24) is 38.4 Å². The Morgan fingerprint density at radius 2 is 1.80 bits per heavy atom. The zero-order valence-electron chi connectivity index (χ0n) is 29.0. The fraction of sp³-hybridized carbons (Fsp3) is 0.371. The number of anilines is 4. The van der Waals surface area contributed by atoms with E-state index in [-0.39, 0.29) is 17.6 Å². The number of piperidine rings is 1. The average molecular weight is 714 g/mol. The first-order valence-electron chi connectivity index (χ1n) is 16.8. The average Bonchev–Trinajstić information content (AvgIpc) is 3.52. The minimum atomic E-state index is -0.902. The number of H-pyrrole nitrogens is 1. The van der Waals surface area contributed by atoms with Gasteiger partial charge in [0.1, 0.15) is 5.02 Å². The van der Waals surface area contributed by atoms with Gasteiger partial charge in [-0.05, 0) is 69.0 Å². The van der Waals surface area contributed by atoms with Crippen LogP contribution in [0.1, 0.15) is 33.6 Å². The summed E-state index contributed by atoms with van der Waals surface area (Å²) in [4.78, 5) is 50.7. The van der Waals surface area contributed by atoms with Gasteiger partial charge in [-0.25, -0.2) is 14.6 Å². The lowest BCUT2D eigenvalue weighted by Crippen LogP contribution is -2.46. The van der Waals surface area contributed by atoms with Gasteiger partial charge in [0, 0.05) is 68.8 Å². The Kier molecular flexibility index (Phi) is 8.71. The van der Waals surface area contributed by atoms with Crippen LogP contribution in [-0.4, -0.2) is 68.3 Å². The van der Waals surface area contributed by atoms with E-state index in [0.29, 0.717) is 35.6 Å². The van der Waals surface area contributed by atoms with E-state index in [1.165, 1.54) is 16.8 Å². The summed E-state index contributed by atoms with van der Waals surface area (Å²) in [6.07, 6.45) is 4.29. The maximum absolute atomic E-state index is 13.0. The molecule has 266 valence electrons. The molecular formula is C35H40ClN11O4. The Morgan fingerprint density at radius 3 is 2.55 bits per heavy atom. The van der Waals surface area contributed by atoms with Crippen LogP contribution in [0, 0.1) is 5.92 Å². The number of aromatic nitrogens is 8. The molecule has 0 spiro atoms. The summed E-state index contributed by atoms with van der Waals surface area (Å²) in [5.41, 5.74) is 1.98. The number of nitrogens with zero attached hydrogens (tertiary/aromatic N) is 8. The zero-order chi connectivity index (χ0) is 36.2. The molecule has 0 bridgehead atoms. The minimum Gasteiger partial charge on any atom is -0.390 e. The summed E-state index contributed by atoms with van der Waals surface area (Å²) in [5, 5.41) is 23.0. The Bertz CT molecular complexity index is 2450. The number of hydrogen-bond acceptors (Lipinski definition) is 10. The first kappa shape index (κ1) is 34.1. The molecule has 1 fully saturated rings. The van der Waals surface area contributed by atoms with Crippen LogP contribution in [0.15, 0.2) is 69.2 Å². The molecule has 0 saturated carbocycles. The molecule has 51 heavy (non-hydrogen) atoms. The number of benzene rings is 2. The molecule has 4 aromatic heterocycles. The molecule has 1 aliphatic rings. The van der Waals surface area contributed by atoms with Gasteiger partial charge in [-0.15, -0.1) is 0 Å². The van der Waals surface area contributed by atoms with Crippen molar-refractivity contribution in [1.29, 1.82) is 0 Å². The van der Waals surface area contributed by atoms with Gasteiger partial charge in [-0.1, -0.05) is 18.5 Å². The predicted molar refractivity (Wildman–Crippen MR) is 199 cm³/mol. The van der Waals surface area contributed by atoms with E-state index in [1.807, 2.05) is 43.4 Å². The van der Waals surface area contributed by atoms with Crippen molar-refractivity contribution in [3.8, 4) is 5.82 Å². The van der Waals surface area contributed by atoms with E-state index < -0.39 is 16.9 Å². The lowest BCUT2D eigenvalue weighted by Gasteiger charge is -2.37. The third kappa shape index (κ3) is 6.73. The van der Waals surface area contributed by atoms with Crippen molar-refractivity contribution in [2.45, 2.75) is 51.8 Å². The summed E-state index contributed by atoms with van der Waals surface area (Å²) in [5.74, 6) is 1.72. The van der Waals surface area contributed by atoms with E-state index in [2.05, 4.69) is 37.5 Å². The Hall–Kier alpha value is -5.41. The number of nitrogens with one attached hydrogen (secondary N) is 3. The highest BCUT2D eigenvalue weighted by molar-refractivity contribution is 6.32. The van der Waals surface area contributed by atoms with E-state index in [1.54, 1.807) is 40.9 Å². The molecule has 6 aromatic rings. The molecular weight excluding hydrogens is 674 g/mol. The lowest BCUT2D eigenvalue weighted by atomic mass is 9.93. The van der Waals surface area contributed by atoms with Gasteiger partial charge in [0.25, 0.3) is 5.56 Å². The van der Waals surface area contributed by atoms with Crippen molar-refractivity contribution < 1.29 is 5.11 Å². The zero-order valence-corrected chi connectivity index (χ0v) is 29.8. The summed E-state index contributed by atoms with van der Waals surface area (Å²) in [7, 11) is 3.56. The summed E-state index contributed by atoms with van der Waals surface area (Å²) < 4.78 is 6.33. The van der Waals surface area contributed by atoms with Gasteiger partial charge in [-0.3, -0.25) is 28.2 Å². The van der Waals surface area contributed by atoms with Gasteiger partial charge in [-0.2, -0.15) is 10.1 Å². The van der Waals surface area contributed by atoms with Gasteiger partial charge < -0.3 is 20.6 Å². The number of aryl methyl sites for hydroxylation is 3. The monoisotopic (exact) mass is 713 g/mol. The molecule has 5 heterocycles. The molecule has 7 rings (SSSR count). The highest BCUT2D eigenvalue weighted by Gasteiger charge is 2.28. The largest absolute Gasteiger partial charge is 0.390 e. The number of aromatic amines is 1. The second kappa shape index (κ2) is 13.0.